The zero-order valence-corrected chi connectivity index (χ0v) is 26.5. The first-order valence-corrected chi connectivity index (χ1v) is 16.2. The smallest absolute Gasteiger partial charge is 0.435 e. The Balaban J connectivity index is 0.00000139. The molecule has 1 aromatic carbocycles. The molecule has 1 amide bonds. The summed E-state index contributed by atoms with van der Waals surface area (Å²) in [5, 5.41) is 6.94. The Labute approximate surface area is 263 Å². The minimum Gasteiger partial charge on any atom is -0.516 e. The fraction of sp³-hybridized carbons (Fsp3) is 0.548. The Kier molecular flexibility index (Phi) is 12.8. The molecule has 258 valence electrons. The molecular weight excluding hydrogens is 648 g/mol. The lowest BCUT2D eigenvalue weighted by molar-refractivity contribution is -0.348. The molecule has 1 aliphatic heterocycles. The van der Waals surface area contributed by atoms with Crippen LogP contribution in [-0.2, 0) is 31.5 Å². The van der Waals surface area contributed by atoms with Crippen molar-refractivity contribution >= 4 is 15.7 Å². The highest BCUT2D eigenvalue weighted by molar-refractivity contribution is 7.92. The maximum atomic E-state index is 14.9. The standard InChI is InChI=1S/C27H28F8N2O3S.C2H4O.C2H6/c1-2-5-17(11-13-28)23(38)37-15-12-24(41(39,40)22-6-3-4-14-36-22)20-9-8-19(16-18(20)7-10-21(24)37)25(29,26(30,31)32)27(33,34)35;1-2-3;1-2/h3-4,6,8-9,14,16-17,21H,2,5,7,10-13,15H2,1H3;2-3H,1H2;1-2H3. The van der Waals surface area contributed by atoms with E-state index < -0.39 is 67.7 Å². The van der Waals surface area contributed by atoms with Gasteiger partial charge in [-0.1, -0.05) is 58.0 Å². The molecule has 4 rings (SSSR count). The number of benzene rings is 1. The SMILES string of the molecule is C=CO.CC.CCCC(CCF)C(=O)N1CCC2(S(=O)(=O)c3ccccn3)c3ccc(C(F)(C(F)(F)F)C(F)(F)F)cc3CCC12. The van der Waals surface area contributed by atoms with E-state index >= 15 is 0 Å². The van der Waals surface area contributed by atoms with Gasteiger partial charge >= 0.3 is 18.0 Å². The van der Waals surface area contributed by atoms with Crippen LogP contribution in [0.15, 0.2) is 60.5 Å². The lowest BCUT2D eigenvalue weighted by atomic mass is 9.76. The molecule has 0 bridgehead atoms. The number of halogens is 8. The van der Waals surface area contributed by atoms with Crippen molar-refractivity contribution in [2.24, 2.45) is 5.92 Å². The van der Waals surface area contributed by atoms with Crippen LogP contribution in [0.1, 0.15) is 69.6 Å². The molecule has 15 heteroatoms. The van der Waals surface area contributed by atoms with Crippen molar-refractivity contribution in [3.8, 4) is 0 Å². The largest absolute Gasteiger partial charge is 0.516 e. The van der Waals surface area contributed by atoms with Crippen LogP contribution in [-0.4, -0.2) is 60.9 Å². The molecule has 0 radical (unpaired) electrons. The predicted molar refractivity (Wildman–Crippen MR) is 156 cm³/mol. The van der Waals surface area contributed by atoms with E-state index in [0.717, 1.165) is 12.3 Å². The summed E-state index contributed by atoms with van der Waals surface area (Å²) in [5.41, 5.74) is -7.70. The molecule has 1 aliphatic carbocycles. The Bertz CT molecular complexity index is 1410. The van der Waals surface area contributed by atoms with Gasteiger partial charge in [-0.05, 0) is 55.4 Å². The molecule has 2 aromatic rings. The van der Waals surface area contributed by atoms with Crippen LogP contribution in [0.4, 0.5) is 35.1 Å². The van der Waals surface area contributed by atoms with Crippen molar-refractivity contribution in [2.75, 3.05) is 13.2 Å². The van der Waals surface area contributed by atoms with Crippen molar-refractivity contribution in [1.82, 2.24) is 9.88 Å². The Morgan fingerprint density at radius 3 is 2.22 bits per heavy atom. The summed E-state index contributed by atoms with van der Waals surface area (Å²) in [5.74, 6) is -1.20. The second kappa shape index (κ2) is 15.1. The number of likely N-dealkylation sites (tertiary alicyclic amines) is 1. The van der Waals surface area contributed by atoms with Gasteiger partial charge in [0.05, 0.1) is 19.0 Å². The average Bonchev–Trinajstić information content (AvgIpc) is 3.42. The van der Waals surface area contributed by atoms with E-state index in [1.54, 1.807) is 6.92 Å². The molecule has 2 heterocycles. The molecule has 1 aromatic heterocycles. The number of hydrogen-bond acceptors (Lipinski definition) is 5. The Morgan fingerprint density at radius 2 is 1.72 bits per heavy atom. The first-order chi connectivity index (χ1) is 21.5. The second-order valence-electron chi connectivity index (χ2n) is 10.6. The van der Waals surface area contributed by atoms with Crippen molar-refractivity contribution in [3.05, 3.63) is 72.1 Å². The third kappa shape index (κ3) is 6.75. The minimum atomic E-state index is -6.34. The van der Waals surface area contributed by atoms with Crippen LogP contribution >= 0.6 is 0 Å². The van der Waals surface area contributed by atoms with Gasteiger partial charge in [-0.2, -0.15) is 26.3 Å². The van der Waals surface area contributed by atoms with Gasteiger partial charge < -0.3 is 10.0 Å². The van der Waals surface area contributed by atoms with Crippen LogP contribution in [0.3, 0.4) is 0 Å². The molecule has 1 fully saturated rings. The van der Waals surface area contributed by atoms with E-state index in [1.807, 2.05) is 13.8 Å². The summed E-state index contributed by atoms with van der Waals surface area (Å²) >= 11 is 0. The minimum absolute atomic E-state index is 0.0801. The number of pyridine rings is 1. The molecule has 3 unspecified atom stereocenters. The number of sulfone groups is 1. The normalized spacial score (nSPS) is 20.2. The Morgan fingerprint density at radius 1 is 1.11 bits per heavy atom. The third-order valence-electron chi connectivity index (χ3n) is 8.19. The van der Waals surface area contributed by atoms with Gasteiger partial charge in [-0.15, -0.1) is 0 Å². The van der Waals surface area contributed by atoms with Gasteiger partial charge in [-0.25, -0.2) is 17.8 Å². The predicted octanol–water partition coefficient (Wildman–Crippen LogP) is 8.08. The van der Waals surface area contributed by atoms with Gasteiger partial charge in [0, 0.05) is 24.2 Å². The van der Waals surface area contributed by atoms with Gasteiger partial charge in [0.25, 0.3) is 0 Å². The summed E-state index contributed by atoms with van der Waals surface area (Å²) in [6.45, 7) is 7.85. The summed E-state index contributed by atoms with van der Waals surface area (Å²) in [6, 6.07) is 4.54. The number of carbonyl (C=O) groups is 1. The molecule has 46 heavy (non-hydrogen) atoms. The van der Waals surface area contributed by atoms with E-state index in [-0.39, 0.29) is 43.4 Å². The van der Waals surface area contributed by atoms with Crippen LogP contribution in [0.2, 0.25) is 0 Å². The fourth-order valence-corrected chi connectivity index (χ4v) is 8.57. The quantitative estimate of drug-likeness (QED) is 0.224. The maximum Gasteiger partial charge on any atom is 0.435 e. The van der Waals surface area contributed by atoms with Crippen molar-refractivity contribution in [1.29, 1.82) is 0 Å². The molecule has 0 saturated carbocycles. The molecule has 1 saturated heterocycles. The molecule has 6 nitrogen and oxygen atoms in total. The number of aryl methyl sites for hydroxylation is 1. The topological polar surface area (TPSA) is 87.6 Å². The first-order valence-electron chi connectivity index (χ1n) is 14.7. The average molecular weight is 687 g/mol. The first kappa shape index (κ1) is 39.0. The highest BCUT2D eigenvalue weighted by Gasteiger charge is 2.74. The second-order valence-corrected chi connectivity index (χ2v) is 12.7. The number of aliphatic hydroxyl groups excluding tert-OH is 1. The van der Waals surface area contributed by atoms with E-state index in [4.69, 9.17) is 5.11 Å². The number of amides is 1. The van der Waals surface area contributed by atoms with Crippen molar-refractivity contribution < 1.29 is 53.4 Å². The molecule has 0 spiro atoms. The van der Waals surface area contributed by atoms with E-state index in [2.05, 4.69) is 11.6 Å². The molecule has 2 aliphatic rings. The third-order valence-corrected chi connectivity index (χ3v) is 10.6. The lowest BCUT2D eigenvalue weighted by Gasteiger charge is -2.43. The van der Waals surface area contributed by atoms with Crippen LogP contribution in [0.25, 0.3) is 0 Å². The number of nitrogens with zero attached hydrogens (tertiary/aromatic N) is 2. The highest BCUT2D eigenvalue weighted by atomic mass is 32.2. The zero-order valence-electron chi connectivity index (χ0n) is 25.6. The number of rotatable bonds is 8. The summed E-state index contributed by atoms with van der Waals surface area (Å²) in [4.78, 5) is 18.8. The summed E-state index contributed by atoms with van der Waals surface area (Å²) in [6.07, 6.45) is -10.5. The number of carbonyl (C=O) groups excluding carboxylic acids is 1. The van der Waals surface area contributed by atoms with E-state index in [0.29, 0.717) is 25.0 Å². The van der Waals surface area contributed by atoms with Crippen LogP contribution < -0.4 is 0 Å². The van der Waals surface area contributed by atoms with E-state index in [9.17, 15) is 48.3 Å². The monoisotopic (exact) mass is 686 g/mol. The number of aliphatic hydroxyl groups is 1. The highest BCUT2D eigenvalue weighted by Crippen LogP contribution is 2.56. The van der Waals surface area contributed by atoms with Gasteiger partial charge in [-0.3, -0.25) is 9.18 Å². The van der Waals surface area contributed by atoms with Crippen LogP contribution in [0.5, 0.6) is 0 Å². The molecule has 1 N–H and O–H groups in total. The number of fused-ring (bicyclic) bond motifs is 3. The van der Waals surface area contributed by atoms with E-state index in [1.165, 1.54) is 29.3 Å². The van der Waals surface area contributed by atoms with Crippen molar-refractivity contribution in [2.45, 2.75) is 93.1 Å². The number of hydrogen-bond donors (Lipinski definition) is 1. The lowest BCUT2D eigenvalue weighted by Crippen LogP contribution is -2.53. The molecular formula is C31H38F8N2O4S. The number of alkyl halides is 8. The van der Waals surface area contributed by atoms with Crippen LogP contribution in [0, 0.1) is 5.92 Å². The summed E-state index contributed by atoms with van der Waals surface area (Å²) in [7, 11) is -4.51. The fourth-order valence-electron chi connectivity index (χ4n) is 6.29. The van der Waals surface area contributed by atoms with Gasteiger partial charge in [0.1, 0.15) is 4.75 Å². The number of aromatic nitrogens is 1. The molecule has 3 atom stereocenters. The van der Waals surface area contributed by atoms with Crippen molar-refractivity contribution in [3.63, 3.8) is 0 Å². The summed E-state index contributed by atoms with van der Waals surface area (Å²) < 4.78 is 136. The maximum absolute atomic E-state index is 14.9. The van der Waals surface area contributed by atoms with Gasteiger partial charge in [0.2, 0.25) is 15.7 Å². The van der Waals surface area contributed by atoms with Gasteiger partial charge in [0.15, 0.2) is 5.03 Å². The Hall–Kier alpha value is -3.23. The zero-order chi connectivity index (χ0) is 35.1.